The molecule has 2 heterocycles. The molecule has 0 spiro atoms. The zero-order valence-electron chi connectivity index (χ0n) is 19.2. The molecule has 4 rings (SSSR count). The molecule has 9 nitrogen and oxygen atoms in total. The molecule has 0 fully saturated rings. The molecule has 0 bridgehead atoms. The van der Waals surface area contributed by atoms with Gasteiger partial charge in [0, 0.05) is 35.4 Å². The number of hydrogen-bond donors (Lipinski definition) is 3. The van der Waals surface area contributed by atoms with E-state index in [-0.39, 0.29) is 30.7 Å². The molecule has 0 aliphatic carbocycles. The minimum atomic E-state index is -0.277. The number of hydroxylamine groups is 2. The molecule has 0 saturated carbocycles. The van der Waals surface area contributed by atoms with E-state index in [0.29, 0.717) is 39.6 Å². The second-order valence-electron chi connectivity index (χ2n) is 7.97. The molecular weight excluding hydrogens is 464 g/mol. The van der Waals surface area contributed by atoms with Crippen molar-refractivity contribution < 1.29 is 14.4 Å². The maximum Gasteiger partial charge on any atom is 0.273 e. The molecule has 1 aliphatic rings. The van der Waals surface area contributed by atoms with Crippen LogP contribution in [0.25, 0.3) is 6.08 Å². The number of amides is 2. The number of carbonyl (C=O) groups excluding carboxylic acids is 2. The van der Waals surface area contributed by atoms with Crippen molar-refractivity contribution in [1.82, 2.24) is 10.0 Å². The summed E-state index contributed by atoms with van der Waals surface area (Å²) in [6, 6.07) is 12.4. The van der Waals surface area contributed by atoms with Crippen molar-refractivity contribution in [3.63, 3.8) is 0 Å². The fraction of sp³-hybridized carbons (Fsp3) is 0.200. The molecular formula is C25H26N6O3S. The Morgan fingerprint density at radius 1 is 1.17 bits per heavy atom. The number of fused-ring (bicyclic) bond motifs is 1. The third-order valence-corrected chi connectivity index (χ3v) is 5.91. The number of carbonyl (C=O) groups is 2. The van der Waals surface area contributed by atoms with Crippen molar-refractivity contribution >= 4 is 51.4 Å². The average Bonchev–Trinajstić information content (AvgIpc) is 3.29. The number of thiazole rings is 1. The quantitative estimate of drug-likeness (QED) is 0.321. The number of nitrogen functional groups attached to an aromatic ring is 1. The first kappa shape index (κ1) is 24.1. The minimum absolute atomic E-state index is 0.168. The van der Waals surface area contributed by atoms with E-state index in [1.54, 1.807) is 48.1 Å². The topological polar surface area (TPSA) is 136 Å². The highest BCUT2D eigenvalue weighted by molar-refractivity contribution is 7.14. The molecule has 5 N–H and O–H groups in total. The van der Waals surface area contributed by atoms with Crippen LogP contribution in [0.3, 0.4) is 0 Å². The lowest BCUT2D eigenvalue weighted by Gasteiger charge is -2.22. The standard InChI is InChI=1S/C25H26N6O3S/c1-2-9-31(34-14-16-3-7-20(26)8-4-16)25(33)19-10-17-5-6-18(11-21(17)29-22(27)12-19)24(32)30-23-13-28-15-35-23/h3-8,10-11,13,15H,2,9,12,14,26H2,1H3,(H2,27,29)(H,30,32). The predicted octanol–water partition coefficient (Wildman–Crippen LogP) is 4.12. The Labute approximate surface area is 207 Å². The van der Waals surface area contributed by atoms with Crippen molar-refractivity contribution in [2.45, 2.75) is 26.4 Å². The van der Waals surface area contributed by atoms with Crippen molar-refractivity contribution in [1.29, 1.82) is 0 Å². The lowest BCUT2D eigenvalue weighted by molar-refractivity contribution is -0.187. The zero-order chi connectivity index (χ0) is 24.8. The van der Waals surface area contributed by atoms with Gasteiger partial charge in [-0.1, -0.05) is 25.1 Å². The maximum absolute atomic E-state index is 13.4. The third kappa shape index (κ3) is 6.11. The van der Waals surface area contributed by atoms with Crippen molar-refractivity contribution in [3.8, 4) is 0 Å². The van der Waals surface area contributed by atoms with Crippen LogP contribution in [0.2, 0.25) is 0 Å². The van der Waals surface area contributed by atoms with E-state index in [2.05, 4.69) is 15.3 Å². The lowest BCUT2D eigenvalue weighted by atomic mass is 10.0. The van der Waals surface area contributed by atoms with Gasteiger partial charge in [-0.05, 0) is 42.3 Å². The molecule has 0 unspecified atom stereocenters. The summed E-state index contributed by atoms with van der Waals surface area (Å²) in [6.07, 6.45) is 4.22. The Bertz CT molecular complexity index is 1270. The monoisotopic (exact) mass is 490 g/mol. The summed E-state index contributed by atoms with van der Waals surface area (Å²) in [7, 11) is 0. The average molecular weight is 491 g/mol. The van der Waals surface area contributed by atoms with Gasteiger partial charge in [0.15, 0.2) is 0 Å². The van der Waals surface area contributed by atoms with Crippen LogP contribution >= 0.6 is 11.3 Å². The molecule has 2 amide bonds. The van der Waals surface area contributed by atoms with E-state index in [0.717, 1.165) is 12.0 Å². The minimum Gasteiger partial charge on any atom is -0.399 e. The number of aromatic nitrogens is 1. The molecule has 2 aromatic carbocycles. The zero-order valence-corrected chi connectivity index (χ0v) is 20.0. The van der Waals surface area contributed by atoms with Crippen LogP contribution in [0.5, 0.6) is 0 Å². The smallest absolute Gasteiger partial charge is 0.273 e. The van der Waals surface area contributed by atoms with Crippen molar-refractivity contribution in [3.05, 3.63) is 76.4 Å². The van der Waals surface area contributed by atoms with Gasteiger partial charge in [-0.15, -0.1) is 11.3 Å². The van der Waals surface area contributed by atoms with Gasteiger partial charge in [-0.25, -0.2) is 10.1 Å². The fourth-order valence-electron chi connectivity index (χ4n) is 3.49. The molecule has 180 valence electrons. The molecule has 10 heteroatoms. The first-order valence-corrected chi connectivity index (χ1v) is 12.0. The Morgan fingerprint density at radius 2 is 1.97 bits per heavy atom. The molecule has 0 radical (unpaired) electrons. The van der Waals surface area contributed by atoms with E-state index in [9.17, 15) is 9.59 Å². The van der Waals surface area contributed by atoms with E-state index in [1.165, 1.54) is 16.4 Å². The summed E-state index contributed by atoms with van der Waals surface area (Å²) in [6.45, 7) is 2.63. The number of aliphatic imine (C=N–C) groups is 1. The van der Waals surface area contributed by atoms with E-state index in [4.69, 9.17) is 16.3 Å². The number of nitrogens with one attached hydrogen (secondary N) is 1. The third-order valence-electron chi connectivity index (χ3n) is 5.22. The highest BCUT2D eigenvalue weighted by atomic mass is 32.1. The Balaban J connectivity index is 1.53. The summed E-state index contributed by atoms with van der Waals surface area (Å²) in [5.41, 5.74) is 17.2. The van der Waals surface area contributed by atoms with E-state index in [1.807, 2.05) is 19.1 Å². The SMILES string of the molecule is CCCN(OCc1ccc(N)cc1)C(=O)C1=Cc2ccc(C(=O)Nc3cncs3)cc2N=C(N)C1. The summed E-state index contributed by atoms with van der Waals surface area (Å²) >= 11 is 1.33. The highest BCUT2D eigenvalue weighted by Crippen LogP contribution is 2.29. The van der Waals surface area contributed by atoms with Crippen LogP contribution in [0.1, 0.15) is 41.3 Å². The Kier molecular flexibility index (Phi) is 7.54. The van der Waals surface area contributed by atoms with Gasteiger partial charge in [0.1, 0.15) is 17.4 Å². The first-order valence-electron chi connectivity index (χ1n) is 11.1. The van der Waals surface area contributed by atoms with Crippen LogP contribution in [0, 0.1) is 0 Å². The number of amidine groups is 1. The number of hydrogen-bond acceptors (Lipinski definition) is 8. The van der Waals surface area contributed by atoms with Crippen LogP contribution < -0.4 is 16.8 Å². The summed E-state index contributed by atoms with van der Waals surface area (Å²) in [5, 5.41) is 4.80. The first-order chi connectivity index (χ1) is 16.9. The predicted molar refractivity (Wildman–Crippen MR) is 138 cm³/mol. The number of anilines is 2. The fourth-order valence-corrected chi connectivity index (χ4v) is 3.99. The van der Waals surface area contributed by atoms with Gasteiger partial charge < -0.3 is 16.8 Å². The molecule has 3 aromatic rings. The molecule has 1 aliphatic heterocycles. The van der Waals surface area contributed by atoms with Gasteiger partial charge in [0.2, 0.25) is 0 Å². The highest BCUT2D eigenvalue weighted by Gasteiger charge is 2.23. The molecule has 0 saturated heterocycles. The lowest BCUT2D eigenvalue weighted by Crippen LogP contribution is -2.34. The van der Waals surface area contributed by atoms with E-state index >= 15 is 0 Å². The second kappa shape index (κ2) is 10.9. The number of nitrogens with two attached hydrogens (primary N) is 2. The Hall–Kier alpha value is -4.02. The summed E-state index contributed by atoms with van der Waals surface area (Å²) in [4.78, 5) is 40.2. The largest absolute Gasteiger partial charge is 0.399 e. The normalized spacial score (nSPS) is 12.7. The van der Waals surface area contributed by atoms with Crippen LogP contribution in [-0.4, -0.2) is 34.2 Å². The van der Waals surface area contributed by atoms with Crippen LogP contribution in [-0.2, 0) is 16.2 Å². The van der Waals surface area contributed by atoms with Gasteiger partial charge in [0.25, 0.3) is 11.8 Å². The van der Waals surface area contributed by atoms with E-state index < -0.39 is 0 Å². The number of nitrogens with zero attached hydrogens (tertiary/aromatic N) is 3. The summed E-state index contributed by atoms with van der Waals surface area (Å²) in [5.74, 6) is -0.279. The van der Waals surface area contributed by atoms with Gasteiger partial charge in [-0.2, -0.15) is 0 Å². The van der Waals surface area contributed by atoms with Gasteiger partial charge >= 0.3 is 0 Å². The van der Waals surface area contributed by atoms with Gasteiger partial charge in [-0.3, -0.25) is 19.4 Å². The van der Waals surface area contributed by atoms with Gasteiger partial charge in [0.05, 0.1) is 17.4 Å². The molecule has 1 aromatic heterocycles. The van der Waals surface area contributed by atoms with Crippen molar-refractivity contribution in [2.24, 2.45) is 10.7 Å². The van der Waals surface area contributed by atoms with Crippen LogP contribution in [0.4, 0.5) is 16.4 Å². The molecule has 35 heavy (non-hydrogen) atoms. The second-order valence-corrected chi connectivity index (χ2v) is 8.85. The number of benzene rings is 2. The maximum atomic E-state index is 13.4. The van der Waals surface area contributed by atoms with Crippen molar-refractivity contribution in [2.75, 3.05) is 17.6 Å². The van der Waals surface area contributed by atoms with Crippen LogP contribution in [0.15, 0.2) is 64.7 Å². The Morgan fingerprint density at radius 3 is 2.69 bits per heavy atom. The molecule has 0 atom stereocenters. The summed E-state index contributed by atoms with van der Waals surface area (Å²) < 4.78 is 0. The number of rotatable bonds is 8.